The standard InChI is InChI=1S/C22H25FN6O/c1-12-10-13(29-8-6-28(2)7-9-29)11-16-20(12)27-21(25-16)18-19(24)17-14(23)4-3-5-15(17)26-22(18)30/h3-5,11-12H,6-10H2,1-2H3,(H,25,27)(H3,24,26,30). The molecule has 0 radical (unpaired) electrons. The highest BCUT2D eigenvalue weighted by atomic mass is 19.1. The van der Waals surface area contributed by atoms with Gasteiger partial charge in [-0.25, -0.2) is 9.37 Å². The van der Waals surface area contributed by atoms with E-state index in [0.717, 1.165) is 44.0 Å². The third-order valence-corrected chi connectivity index (χ3v) is 6.25. The highest BCUT2D eigenvalue weighted by molar-refractivity contribution is 5.97. The fourth-order valence-corrected chi connectivity index (χ4v) is 4.52. The molecule has 1 saturated heterocycles. The van der Waals surface area contributed by atoms with Crippen LogP contribution in [0.5, 0.6) is 0 Å². The highest BCUT2D eigenvalue weighted by Gasteiger charge is 2.27. The van der Waals surface area contributed by atoms with E-state index in [2.05, 4.69) is 39.8 Å². The minimum absolute atomic E-state index is 0.105. The molecule has 3 aromatic rings. The van der Waals surface area contributed by atoms with E-state index < -0.39 is 5.82 Å². The van der Waals surface area contributed by atoms with Crippen LogP contribution in [0.25, 0.3) is 28.4 Å². The number of pyridine rings is 1. The Hall–Kier alpha value is -3.13. The Bertz CT molecular complexity index is 1220. The molecule has 0 bridgehead atoms. The zero-order valence-corrected chi connectivity index (χ0v) is 17.1. The van der Waals surface area contributed by atoms with Gasteiger partial charge in [0.25, 0.3) is 5.56 Å². The molecule has 0 saturated carbocycles. The minimum atomic E-state index is -0.468. The van der Waals surface area contributed by atoms with Crippen LogP contribution in [-0.4, -0.2) is 58.0 Å². The van der Waals surface area contributed by atoms with Crippen LogP contribution in [0.4, 0.5) is 10.1 Å². The van der Waals surface area contributed by atoms with Gasteiger partial charge in [0.2, 0.25) is 0 Å². The number of nitrogens with zero attached hydrogens (tertiary/aromatic N) is 3. The quantitative estimate of drug-likeness (QED) is 0.606. The molecule has 1 aliphatic carbocycles. The molecule has 3 heterocycles. The second-order valence-electron chi connectivity index (χ2n) is 8.32. The first kappa shape index (κ1) is 18.9. The maximum atomic E-state index is 14.4. The molecule has 1 fully saturated rings. The van der Waals surface area contributed by atoms with E-state index in [9.17, 15) is 9.18 Å². The molecule has 2 aliphatic rings. The number of allylic oxidation sites excluding steroid dienone is 1. The number of nitrogens with two attached hydrogens (primary N) is 1. The number of piperazine rings is 1. The van der Waals surface area contributed by atoms with Crippen molar-refractivity contribution in [3.05, 3.63) is 51.5 Å². The van der Waals surface area contributed by atoms with Crippen LogP contribution in [-0.2, 0) is 0 Å². The molecule has 0 spiro atoms. The molecule has 1 atom stereocenters. The number of halogens is 1. The van der Waals surface area contributed by atoms with Gasteiger partial charge in [0.15, 0.2) is 0 Å². The van der Waals surface area contributed by atoms with Crippen LogP contribution < -0.4 is 11.3 Å². The second kappa shape index (κ2) is 6.98. The zero-order chi connectivity index (χ0) is 21.0. The molecule has 7 nitrogen and oxygen atoms in total. The van der Waals surface area contributed by atoms with Crippen molar-refractivity contribution in [3.8, 4) is 11.4 Å². The van der Waals surface area contributed by atoms with Gasteiger partial charge in [-0.05, 0) is 31.7 Å². The molecular formula is C22H25FN6O. The minimum Gasteiger partial charge on any atom is -0.397 e. The average molecular weight is 408 g/mol. The summed E-state index contributed by atoms with van der Waals surface area (Å²) in [5.74, 6) is 0.148. The maximum absolute atomic E-state index is 14.4. The van der Waals surface area contributed by atoms with Gasteiger partial charge in [-0.15, -0.1) is 0 Å². The van der Waals surface area contributed by atoms with E-state index in [4.69, 9.17) is 10.7 Å². The number of H-pyrrole nitrogens is 2. The smallest absolute Gasteiger partial charge is 0.261 e. The number of likely N-dealkylation sites (N-methyl/N-ethyl adjacent to an activating group) is 1. The Balaban J connectivity index is 1.59. The molecule has 30 heavy (non-hydrogen) atoms. The fraction of sp³-hybridized carbons (Fsp3) is 0.364. The van der Waals surface area contributed by atoms with E-state index in [1.165, 1.54) is 11.8 Å². The lowest BCUT2D eigenvalue weighted by Crippen LogP contribution is -2.44. The predicted molar refractivity (Wildman–Crippen MR) is 117 cm³/mol. The Morgan fingerprint density at radius 1 is 1.20 bits per heavy atom. The van der Waals surface area contributed by atoms with Gasteiger partial charge in [0, 0.05) is 43.5 Å². The average Bonchev–Trinajstić information content (AvgIpc) is 3.12. The van der Waals surface area contributed by atoms with Crippen LogP contribution in [0.15, 0.2) is 28.7 Å². The van der Waals surface area contributed by atoms with Crippen molar-refractivity contribution >= 4 is 22.7 Å². The van der Waals surface area contributed by atoms with E-state index in [0.29, 0.717) is 11.3 Å². The SMILES string of the molecule is CC1CC(N2CCN(C)CC2)=Cc2nc(-c3c(N)c4c(F)cccc4[nH]c3=O)[nH]c21. The van der Waals surface area contributed by atoms with E-state index in [1.807, 2.05) is 0 Å². The number of fused-ring (bicyclic) bond motifs is 2. The number of aromatic nitrogens is 3. The number of benzene rings is 1. The van der Waals surface area contributed by atoms with Crippen molar-refractivity contribution in [2.75, 3.05) is 39.0 Å². The normalized spacial score (nSPS) is 19.8. The summed E-state index contributed by atoms with van der Waals surface area (Å²) < 4.78 is 14.4. The highest BCUT2D eigenvalue weighted by Crippen LogP contribution is 2.36. The fourth-order valence-electron chi connectivity index (χ4n) is 4.52. The molecule has 0 amide bonds. The topological polar surface area (TPSA) is 94.0 Å². The molecule has 8 heteroatoms. The monoisotopic (exact) mass is 408 g/mol. The third-order valence-electron chi connectivity index (χ3n) is 6.25. The van der Waals surface area contributed by atoms with Crippen molar-refractivity contribution < 1.29 is 4.39 Å². The van der Waals surface area contributed by atoms with Gasteiger partial charge in [0.05, 0.1) is 22.3 Å². The van der Waals surface area contributed by atoms with Crippen molar-refractivity contribution in [2.24, 2.45) is 0 Å². The van der Waals surface area contributed by atoms with Gasteiger partial charge in [-0.1, -0.05) is 13.0 Å². The summed E-state index contributed by atoms with van der Waals surface area (Å²) in [6.45, 7) is 6.23. The van der Waals surface area contributed by atoms with Gasteiger partial charge < -0.3 is 25.5 Å². The lowest BCUT2D eigenvalue weighted by Gasteiger charge is -2.37. The Morgan fingerprint density at radius 3 is 2.73 bits per heavy atom. The molecule has 1 unspecified atom stereocenters. The summed E-state index contributed by atoms with van der Waals surface area (Å²) in [7, 11) is 2.14. The van der Waals surface area contributed by atoms with Crippen LogP contribution in [0, 0.1) is 5.82 Å². The Kier molecular flexibility index (Phi) is 4.39. The van der Waals surface area contributed by atoms with Gasteiger partial charge in [-0.3, -0.25) is 4.79 Å². The largest absolute Gasteiger partial charge is 0.397 e. The summed E-state index contributed by atoms with van der Waals surface area (Å²) in [6.07, 6.45) is 3.02. The molecule has 156 valence electrons. The van der Waals surface area contributed by atoms with Gasteiger partial charge >= 0.3 is 0 Å². The number of hydrogen-bond donors (Lipinski definition) is 3. The van der Waals surface area contributed by atoms with Crippen LogP contribution in [0.2, 0.25) is 0 Å². The van der Waals surface area contributed by atoms with Crippen molar-refractivity contribution in [1.82, 2.24) is 24.8 Å². The molecular weight excluding hydrogens is 383 g/mol. The number of hydrogen-bond acceptors (Lipinski definition) is 5. The predicted octanol–water partition coefficient (Wildman–Crippen LogP) is 2.74. The van der Waals surface area contributed by atoms with Gasteiger partial charge in [0.1, 0.15) is 17.2 Å². The molecule has 4 N–H and O–H groups in total. The summed E-state index contributed by atoms with van der Waals surface area (Å²) in [5.41, 5.74) is 9.62. The molecule has 1 aliphatic heterocycles. The van der Waals surface area contributed by atoms with Gasteiger partial charge in [-0.2, -0.15) is 0 Å². The summed E-state index contributed by atoms with van der Waals surface area (Å²) in [5, 5.41) is 0.211. The third kappa shape index (κ3) is 2.99. The van der Waals surface area contributed by atoms with Crippen LogP contribution >= 0.6 is 0 Å². The van der Waals surface area contributed by atoms with E-state index in [-0.39, 0.29) is 28.1 Å². The van der Waals surface area contributed by atoms with Crippen LogP contribution in [0.1, 0.15) is 30.7 Å². The first-order valence-electron chi connectivity index (χ1n) is 10.3. The molecule has 5 rings (SSSR count). The van der Waals surface area contributed by atoms with Crippen LogP contribution in [0.3, 0.4) is 0 Å². The lowest BCUT2D eigenvalue weighted by atomic mass is 9.93. The molecule has 1 aromatic carbocycles. The molecule has 2 aromatic heterocycles. The Morgan fingerprint density at radius 2 is 1.97 bits per heavy atom. The lowest BCUT2D eigenvalue weighted by molar-refractivity contribution is 0.182. The summed E-state index contributed by atoms with van der Waals surface area (Å²) >= 11 is 0. The zero-order valence-electron chi connectivity index (χ0n) is 17.1. The summed E-state index contributed by atoms with van der Waals surface area (Å²) in [6, 6.07) is 4.52. The number of aromatic amines is 2. The first-order valence-corrected chi connectivity index (χ1v) is 10.3. The number of nitrogen functional groups attached to an aromatic ring is 1. The number of nitrogens with one attached hydrogen (secondary N) is 2. The number of anilines is 1. The maximum Gasteiger partial charge on any atom is 0.261 e. The number of rotatable bonds is 2. The number of imidazole rings is 1. The second-order valence-corrected chi connectivity index (χ2v) is 8.32. The Labute approximate surface area is 173 Å². The van der Waals surface area contributed by atoms with E-state index >= 15 is 0 Å². The van der Waals surface area contributed by atoms with Crippen molar-refractivity contribution in [2.45, 2.75) is 19.3 Å². The van der Waals surface area contributed by atoms with Crippen molar-refractivity contribution in [1.29, 1.82) is 0 Å². The first-order chi connectivity index (χ1) is 14.4. The van der Waals surface area contributed by atoms with E-state index in [1.54, 1.807) is 12.1 Å². The summed E-state index contributed by atoms with van der Waals surface area (Å²) in [4.78, 5) is 28.2. The van der Waals surface area contributed by atoms with Crippen molar-refractivity contribution in [3.63, 3.8) is 0 Å².